The largest absolute Gasteiger partial charge is 0.497 e. The standard InChI is InChI=1S/C20H22ClNO3/c1-24-17-9-10-18(25-2)15(11-17)12-19(23)22-20(13-3-4-13)14-5-7-16(21)8-6-14/h5-11,13,20H,3-4,12H2,1-2H3,(H,22,23). The maximum atomic E-state index is 12.6. The SMILES string of the molecule is COc1ccc(OC)c(CC(=O)NC(c2ccc(Cl)cc2)C2CC2)c1. The van der Waals surface area contributed by atoms with E-state index >= 15 is 0 Å². The quantitative estimate of drug-likeness (QED) is 0.807. The summed E-state index contributed by atoms with van der Waals surface area (Å²) in [4.78, 5) is 12.6. The molecule has 1 amide bonds. The highest BCUT2D eigenvalue weighted by Gasteiger charge is 2.33. The van der Waals surface area contributed by atoms with Gasteiger partial charge < -0.3 is 14.8 Å². The van der Waals surface area contributed by atoms with Crippen molar-refractivity contribution >= 4 is 17.5 Å². The topological polar surface area (TPSA) is 47.6 Å². The number of halogens is 1. The fraction of sp³-hybridized carbons (Fsp3) is 0.350. The molecule has 0 aromatic heterocycles. The molecule has 132 valence electrons. The Bertz CT molecular complexity index is 741. The molecule has 25 heavy (non-hydrogen) atoms. The van der Waals surface area contributed by atoms with Gasteiger partial charge in [-0.3, -0.25) is 4.79 Å². The van der Waals surface area contributed by atoms with E-state index in [1.807, 2.05) is 42.5 Å². The van der Waals surface area contributed by atoms with Gasteiger partial charge in [-0.25, -0.2) is 0 Å². The highest BCUT2D eigenvalue weighted by molar-refractivity contribution is 6.30. The molecule has 1 saturated carbocycles. The Morgan fingerprint density at radius 2 is 1.88 bits per heavy atom. The first-order valence-electron chi connectivity index (χ1n) is 8.36. The normalized spacial score (nSPS) is 14.7. The molecular formula is C20H22ClNO3. The molecule has 2 aromatic carbocycles. The average Bonchev–Trinajstić information content (AvgIpc) is 3.45. The molecule has 1 unspecified atom stereocenters. The van der Waals surface area contributed by atoms with E-state index in [1.165, 1.54) is 0 Å². The van der Waals surface area contributed by atoms with Gasteiger partial charge in [0.15, 0.2) is 0 Å². The van der Waals surface area contributed by atoms with Crippen LogP contribution in [0.25, 0.3) is 0 Å². The zero-order valence-electron chi connectivity index (χ0n) is 14.4. The number of nitrogens with one attached hydrogen (secondary N) is 1. The number of ether oxygens (including phenoxy) is 2. The minimum Gasteiger partial charge on any atom is -0.497 e. The second-order valence-corrected chi connectivity index (χ2v) is 6.73. The maximum absolute atomic E-state index is 12.6. The summed E-state index contributed by atoms with van der Waals surface area (Å²) in [7, 11) is 3.21. The van der Waals surface area contributed by atoms with Crippen LogP contribution in [0.4, 0.5) is 0 Å². The van der Waals surface area contributed by atoms with Crippen molar-refractivity contribution in [2.75, 3.05) is 14.2 Å². The summed E-state index contributed by atoms with van der Waals surface area (Å²) in [5.74, 6) is 1.86. The van der Waals surface area contributed by atoms with E-state index in [1.54, 1.807) is 14.2 Å². The molecule has 4 nitrogen and oxygen atoms in total. The highest BCUT2D eigenvalue weighted by atomic mass is 35.5. The Kier molecular flexibility index (Phi) is 5.49. The summed E-state index contributed by atoms with van der Waals surface area (Å²) in [6.07, 6.45) is 2.52. The molecule has 1 aliphatic carbocycles. The van der Waals surface area contributed by atoms with Crippen molar-refractivity contribution in [1.29, 1.82) is 0 Å². The van der Waals surface area contributed by atoms with Gasteiger partial charge in [-0.1, -0.05) is 23.7 Å². The van der Waals surface area contributed by atoms with E-state index in [9.17, 15) is 4.79 Å². The fourth-order valence-electron chi connectivity index (χ4n) is 2.99. The zero-order chi connectivity index (χ0) is 17.8. The van der Waals surface area contributed by atoms with Gasteiger partial charge >= 0.3 is 0 Å². The van der Waals surface area contributed by atoms with Gasteiger partial charge in [-0.2, -0.15) is 0 Å². The van der Waals surface area contributed by atoms with E-state index in [0.29, 0.717) is 22.4 Å². The molecule has 5 heteroatoms. The van der Waals surface area contributed by atoms with Crippen molar-refractivity contribution < 1.29 is 14.3 Å². The first kappa shape index (κ1) is 17.6. The molecule has 1 atom stereocenters. The van der Waals surface area contributed by atoms with Gasteiger partial charge in [-0.15, -0.1) is 0 Å². The Labute approximate surface area is 153 Å². The molecule has 0 heterocycles. The third kappa shape index (κ3) is 4.45. The van der Waals surface area contributed by atoms with Crippen molar-refractivity contribution in [2.45, 2.75) is 25.3 Å². The lowest BCUT2D eigenvalue weighted by Crippen LogP contribution is -2.31. The number of carbonyl (C=O) groups excluding carboxylic acids is 1. The Morgan fingerprint density at radius 1 is 1.16 bits per heavy atom. The van der Waals surface area contributed by atoms with Crippen LogP contribution >= 0.6 is 11.6 Å². The van der Waals surface area contributed by atoms with Crippen molar-refractivity contribution in [3.63, 3.8) is 0 Å². The van der Waals surface area contributed by atoms with Gasteiger partial charge in [0.25, 0.3) is 0 Å². The van der Waals surface area contributed by atoms with Crippen molar-refractivity contribution in [1.82, 2.24) is 5.32 Å². The monoisotopic (exact) mass is 359 g/mol. The number of rotatable bonds is 7. The smallest absolute Gasteiger partial charge is 0.225 e. The molecule has 0 aliphatic heterocycles. The van der Waals surface area contributed by atoms with Crippen LogP contribution in [-0.4, -0.2) is 20.1 Å². The summed E-state index contributed by atoms with van der Waals surface area (Å²) >= 11 is 5.97. The van der Waals surface area contributed by atoms with Crippen molar-refractivity contribution in [3.8, 4) is 11.5 Å². The predicted octanol–water partition coefficient (Wildman–Crippen LogP) is 4.17. The third-order valence-electron chi connectivity index (χ3n) is 4.48. The molecule has 3 rings (SSSR count). The molecule has 2 aromatic rings. The van der Waals surface area contributed by atoms with Crippen LogP contribution < -0.4 is 14.8 Å². The number of carbonyl (C=O) groups is 1. The molecule has 0 saturated heterocycles. The second kappa shape index (κ2) is 7.79. The first-order chi connectivity index (χ1) is 12.1. The minimum absolute atomic E-state index is 0.0290. The van der Waals surface area contributed by atoms with Gasteiger partial charge in [0.1, 0.15) is 11.5 Å². The Hall–Kier alpha value is -2.20. The predicted molar refractivity (Wildman–Crippen MR) is 98.3 cm³/mol. The van der Waals surface area contributed by atoms with E-state index in [2.05, 4.69) is 5.32 Å². The van der Waals surface area contributed by atoms with Crippen molar-refractivity contribution in [2.24, 2.45) is 5.92 Å². The molecule has 0 radical (unpaired) electrons. The Morgan fingerprint density at radius 3 is 2.48 bits per heavy atom. The lowest BCUT2D eigenvalue weighted by Gasteiger charge is -2.19. The van der Waals surface area contributed by atoms with Crippen LogP contribution in [0.15, 0.2) is 42.5 Å². The average molecular weight is 360 g/mol. The lowest BCUT2D eigenvalue weighted by atomic mass is 10.0. The van der Waals surface area contributed by atoms with E-state index in [-0.39, 0.29) is 18.4 Å². The van der Waals surface area contributed by atoms with Crippen molar-refractivity contribution in [3.05, 3.63) is 58.6 Å². The second-order valence-electron chi connectivity index (χ2n) is 6.29. The van der Waals surface area contributed by atoms with E-state index < -0.39 is 0 Å². The van der Waals surface area contributed by atoms with Gasteiger partial charge in [-0.05, 0) is 54.7 Å². The van der Waals surface area contributed by atoms with Gasteiger partial charge in [0.2, 0.25) is 5.91 Å². The molecule has 0 bridgehead atoms. The summed E-state index contributed by atoms with van der Waals surface area (Å²) in [5, 5.41) is 3.87. The van der Waals surface area contributed by atoms with Crippen LogP contribution in [0.2, 0.25) is 5.02 Å². The maximum Gasteiger partial charge on any atom is 0.225 e. The van der Waals surface area contributed by atoms with Crippen LogP contribution in [0.1, 0.15) is 30.0 Å². The number of hydrogen-bond acceptors (Lipinski definition) is 3. The van der Waals surface area contributed by atoms with Crippen LogP contribution in [-0.2, 0) is 11.2 Å². The fourth-order valence-corrected chi connectivity index (χ4v) is 3.12. The summed E-state index contributed by atoms with van der Waals surface area (Å²) in [5.41, 5.74) is 1.91. The van der Waals surface area contributed by atoms with Crippen LogP contribution in [0.3, 0.4) is 0 Å². The number of methoxy groups -OCH3 is 2. The minimum atomic E-state index is -0.0293. The first-order valence-corrected chi connectivity index (χ1v) is 8.74. The van der Waals surface area contributed by atoms with E-state index in [0.717, 1.165) is 24.0 Å². The Balaban J connectivity index is 1.73. The summed E-state index contributed by atoms with van der Waals surface area (Å²) in [6.45, 7) is 0. The summed E-state index contributed by atoms with van der Waals surface area (Å²) in [6, 6.07) is 13.2. The lowest BCUT2D eigenvalue weighted by molar-refractivity contribution is -0.121. The zero-order valence-corrected chi connectivity index (χ0v) is 15.2. The number of benzene rings is 2. The van der Waals surface area contributed by atoms with E-state index in [4.69, 9.17) is 21.1 Å². The summed E-state index contributed by atoms with van der Waals surface area (Å²) < 4.78 is 10.6. The number of hydrogen-bond donors (Lipinski definition) is 1. The van der Waals surface area contributed by atoms with Crippen LogP contribution in [0, 0.1) is 5.92 Å². The molecule has 1 fully saturated rings. The highest BCUT2D eigenvalue weighted by Crippen LogP contribution is 2.41. The third-order valence-corrected chi connectivity index (χ3v) is 4.73. The molecule has 1 N–H and O–H groups in total. The number of amides is 1. The van der Waals surface area contributed by atoms with Crippen LogP contribution in [0.5, 0.6) is 11.5 Å². The van der Waals surface area contributed by atoms with Gasteiger partial charge in [0.05, 0.1) is 26.7 Å². The molecule has 1 aliphatic rings. The van der Waals surface area contributed by atoms with Gasteiger partial charge in [0, 0.05) is 10.6 Å². The molecule has 0 spiro atoms. The molecular weight excluding hydrogens is 338 g/mol.